The highest BCUT2D eigenvalue weighted by Gasteiger charge is 2.51. The zero-order valence-corrected chi connectivity index (χ0v) is 22.2. The fourth-order valence-corrected chi connectivity index (χ4v) is 5.41. The molecule has 0 radical (unpaired) electrons. The molecule has 0 spiro atoms. The minimum atomic E-state index is -2.12. The van der Waals surface area contributed by atoms with Gasteiger partial charge in [0.15, 0.2) is 20.7 Å². The number of methoxy groups -OCH3 is 1. The van der Waals surface area contributed by atoms with Crippen molar-refractivity contribution in [3.05, 3.63) is 47.9 Å². The molecular weight excluding hydrogens is 464 g/mol. The lowest BCUT2D eigenvalue weighted by Crippen LogP contribution is -2.50. The van der Waals surface area contributed by atoms with Crippen LogP contribution in [0.1, 0.15) is 49.2 Å². The van der Waals surface area contributed by atoms with Gasteiger partial charge in [-0.2, -0.15) is 0 Å². The maximum absolute atomic E-state index is 12.7. The summed E-state index contributed by atoms with van der Waals surface area (Å²) in [5.41, 5.74) is 7.24. The van der Waals surface area contributed by atoms with Gasteiger partial charge in [-0.25, -0.2) is 9.98 Å². The molecular formula is C24H36N6O4Si. The summed E-state index contributed by atoms with van der Waals surface area (Å²) in [4.78, 5) is 21.7. The lowest BCUT2D eigenvalue weighted by atomic mass is 10.1. The van der Waals surface area contributed by atoms with Gasteiger partial charge in [-0.3, -0.25) is 9.36 Å². The smallest absolute Gasteiger partial charge is 0.253 e. The van der Waals surface area contributed by atoms with Crippen molar-refractivity contribution in [1.29, 1.82) is 0 Å². The molecule has 1 saturated heterocycles. The molecule has 1 unspecified atom stereocenters. The van der Waals surface area contributed by atoms with E-state index in [0.717, 1.165) is 0 Å². The second-order valence-corrected chi connectivity index (χ2v) is 15.2. The first kappa shape index (κ1) is 25.5. The fourth-order valence-electron chi connectivity index (χ4n) is 4.10. The number of aliphatic imine (C=N–C) groups is 1. The summed E-state index contributed by atoms with van der Waals surface area (Å²) < 4.78 is 20.9. The molecule has 4 N–H and O–H groups in total. The van der Waals surface area contributed by atoms with Gasteiger partial charge in [-0.1, -0.05) is 39.0 Å². The number of fused-ring (bicyclic) bond motifs is 1. The third-order valence-corrected chi connectivity index (χ3v) is 11.6. The zero-order valence-electron chi connectivity index (χ0n) is 21.2. The highest BCUT2D eigenvalue weighted by molar-refractivity contribution is 6.74. The van der Waals surface area contributed by atoms with E-state index in [1.807, 2.05) is 22.8 Å². The number of nitrogens with zero attached hydrogens (tertiary/aromatic N) is 3. The van der Waals surface area contributed by atoms with Crippen LogP contribution in [0.2, 0.25) is 18.1 Å². The third-order valence-electron chi connectivity index (χ3n) is 7.11. The molecule has 2 aliphatic rings. The Morgan fingerprint density at radius 2 is 1.97 bits per heavy atom. The number of nitrogens with two attached hydrogens (primary N) is 1. The average molecular weight is 501 g/mol. The van der Waals surface area contributed by atoms with E-state index in [4.69, 9.17) is 19.6 Å². The maximum atomic E-state index is 12.7. The first-order chi connectivity index (χ1) is 16.6. The fraction of sp³-hybridized carbons (Fsp3) is 0.542. The molecule has 0 aliphatic carbocycles. The van der Waals surface area contributed by atoms with Crippen LogP contribution in [-0.2, 0) is 13.9 Å². The number of benzene rings is 1. The van der Waals surface area contributed by atoms with E-state index < -0.39 is 26.8 Å². The standard InChI is InChI=1S/C24H36N6O4Si/c1-24(2,3)35(5,6)34-18-16(12-25)33-23(19(18)32-4)30-14-28-17-20(26-13-27-21(17)30)29-22(31)15-10-8-7-9-11-15/h7-11,13-14,16,18-20,23H,12,25H2,1-6H3,(H,26,27)(H,29,31)/t16-,18-,19-,20?,23-/m1/s1. The van der Waals surface area contributed by atoms with Gasteiger partial charge < -0.3 is 30.3 Å². The summed E-state index contributed by atoms with van der Waals surface area (Å²) in [5, 5.41) is 6.11. The Morgan fingerprint density at radius 1 is 1.26 bits per heavy atom. The second kappa shape index (κ2) is 9.82. The van der Waals surface area contributed by atoms with Gasteiger partial charge in [0.2, 0.25) is 0 Å². The highest BCUT2D eigenvalue weighted by Crippen LogP contribution is 2.43. The molecule has 5 atom stereocenters. The number of nitrogens with one attached hydrogen (secondary N) is 2. The number of carbonyl (C=O) groups excluding carboxylic acids is 1. The Labute approximate surface area is 207 Å². The lowest BCUT2D eigenvalue weighted by Gasteiger charge is -2.40. The topological polar surface area (TPSA) is 125 Å². The van der Waals surface area contributed by atoms with Crippen molar-refractivity contribution in [3.8, 4) is 0 Å². The summed E-state index contributed by atoms with van der Waals surface area (Å²) in [5.74, 6) is 0.447. The van der Waals surface area contributed by atoms with Crippen molar-refractivity contribution in [1.82, 2.24) is 14.9 Å². The van der Waals surface area contributed by atoms with Crippen molar-refractivity contribution in [2.45, 2.75) is 69.6 Å². The van der Waals surface area contributed by atoms with Crippen molar-refractivity contribution < 1.29 is 18.7 Å². The van der Waals surface area contributed by atoms with E-state index in [9.17, 15) is 4.79 Å². The lowest BCUT2D eigenvalue weighted by molar-refractivity contribution is -0.0485. The van der Waals surface area contributed by atoms with Gasteiger partial charge in [-0.05, 0) is 30.3 Å². The normalized spacial score (nSPS) is 26.3. The number of hydrogen-bond donors (Lipinski definition) is 3. The van der Waals surface area contributed by atoms with Crippen LogP contribution in [0.15, 0.2) is 41.7 Å². The Hall–Kier alpha value is -2.57. The first-order valence-corrected chi connectivity index (χ1v) is 14.7. The van der Waals surface area contributed by atoms with Crippen LogP contribution >= 0.6 is 0 Å². The molecule has 3 heterocycles. The highest BCUT2D eigenvalue weighted by atomic mass is 28.4. The Bertz CT molecular complexity index is 1070. The summed E-state index contributed by atoms with van der Waals surface area (Å²) in [7, 11) is -0.460. The van der Waals surface area contributed by atoms with Crippen LogP contribution in [0.4, 0.5) is 5.82 Å². The van der Waals surface area contributed by atoms with Gasteiger partial charge in [0, 0.05) is 19.2 Å². The van der Waals surface area contributed by atoms with Crippen molar-refractivity contribution in [2.75, 3.05) is 19.0 Å². The number of carbonyl (C=O) groups is 1. The van der Waals surface area contributed by atoms with E-state index >= 15 is 0 Å². The molecule has 10 nitrogen and oxygen atoms in total. The first-order valence-electron chi connectivity index (χ1n) is 11.8. The number of aromatic nitrogens is 2. The van der Waals surface area contributed by atoms with Crippen LogP contribution in [0.5, 0.6) is 0 Å². The van der Waals surface area contributed by atoms with E-state index in [1.165, 1.54) is 0 Å². The molecule has 35 heavy (non-hydrogen) atoms. The molecule has 1 fully saturated rings. The molecule has 0 bridgehead atoms. The van der Waals surface area contributed by atoms with Crippen molar-refractivity contribution in [2.24, 2.45) is 10.7 Å². The number of ether oxygens (including phenoxy) is 2. The third kappa shape index (κ3) is 4.91. The van der Waals surface area contributed by atoms with Gasteiger partial charge in [-0.15, -0.1) is 0 Å². The minimum absolute atomic E-state index is 0.0267. The van der Waals surface area contributed by atoms with E-state index in [2.05, 4.69) is 54.5 Å². The molecule has 1 aromatic heterocycles. The van der Waals surface area contributed by atoms with E-state index in [-0.39, 0.29) is 23.2 Å². The van der Waals surface area contributed by atoms with Crippen molar-refractivity contribution >= 4 is 26.4 Å². The molecule has 1 amide bonds. The molecule has 4 rings (SSSR count). The Morgan fingerprint density at radius 3 is 2.60 bits per heavy atom. The molecule has 190 valence electrons. The Kier molecular flexibility index (Phi) is 7.16. The number of rotatable bonds is 7. The maximum Gasteiger partial charge on any atom is 0.253 e. The van der Waals surface area contributed by atoms with E-state index in [0.29, 0.717) is 23.6 Å². The van der Waals surface area contributed by atoms with Crippen molar-refractivity contribution in [3.63, 3.8) is 0 Å². The summed E-state index contributed by atoms with van der Waals surface area (Å²) in [6, 6.07) is 9.01. The monoisotopic (exact) mass is 500 g/mol. The number of hydrogen-bond acceptors (Lipinski definition) is 8. The number of anilines is 1. The SMILES string of the molecule is CO[C@@H]1[C@H](O[Si](C)(C)C(C)(C)C)[C@@H](CN)O[C@H]1n1cnc2c1NC=NC2NC(=O)c1ccccc1. The predicted molar refractivity (Wildman–Crippen MR) is 137 cm³/mol. The quantitative estimate of drug-likeness (QED) is 0.499. The van der Waals surface area contributed by atoms with Crippen LogP contribution in [-0.4, -0.2) is 62.1 Å². The van der Waals surface area contributed by atoms with Gasteiger partial charge in [0.05, 0.1) is 12.7 Å². The zero-order chi connectivity index (χ0) is 25.4. The predicted octanol–water partition coefficient (Wildman–Crippen LogP) is 3.03. The average Bonchev–Trinajstić information content (AvgIpc) is 3.40. The van der Waals surface area contributed by atoms with Gasteiger partial charge >= 0.3 is 0 Å². The minimum Gasteiger partial charge on any atom is -0.408 e. The van der Waals surface area contributed by atoms with Crippen LogP contribution < -0.4 is 16.4 Å². The van der Waals surface area contributed by atoms with Crippen LogP contribution in [0.3, 0.4) is 0 Å². The van der Waals surface area contributed by atoms with Crippen LogP contribution in [0.25, 0.3) is 0 Å². The molecule has 1 aromatic carbocycles. The van der Waals surface area contributed by atoms with Gasteiger partial charge in [0.1, 0.15) is 29.8 Å². The second-order valence-electron chi connectivity index (χ2n) is 10.4. The molecule has 2 aromatic rings. The number of amides is 1. The molecule has 0 saturated carbocycles. The summed E-state index contributed by atoms with van der Waals surface area (Å²) >= 11 is 0. The van der Waals surface area contributed by atoms with Gasteiger partial charge in [0.25, 0.3) is 5.91 Å². The Balaban J connectivity index is 1.59. The van der Waals surface area contributed by atoms with E-state index in [1.54, 1.807) is 31.9 Å². The van der Waals surface area contributed by atoms with Crippen LogP contribution in [0, 0.1) is 0 Å². The summed E-state index contributed by atoms with van der Waals surface area (Å²) in [6.45, 7) is 11.3. The largest absolute Gasteiger partial charge is 0.408 e. The number of imidazole rings is 1. The summed E-state index contributed by atoms with van der Waals surface area (Å²) in [6.07, 6.45) is 1.04. The molecule has 11 heteroatoms. The molecule has 2 aliphatic heterocycles.